The van der Waals surface area contributed by atoms with Crippen molar-refractivity contribution in [3.05, 3.63) is 42.1 Å². The van der Waals surface area contributed by atoms with Crippen LogP contribution >= 0.6 is 0 Å². The van der Waals surface area contributed by atoms with Crippen molar-refractivity contribution in [1.29, 1.82) is 0 Å². The molecule has 2 N–H and O–H groups in total. The standard InChI is InChI=1S/C18H25N5O2/c1-13(2)17(24)20-16-12-15(18(25)19-10-11-22(3)4)21-23(16)14-8-6-5-7-9-14/h5-9,12-13H,10-11H2,1-4H3,(H,19,25)(H,20,24). The summed E-state index contributed by atoms with van der Waals surface area (Å²) in [6, 6.07) is 11.0. The molecule has 134 valence electrons. The van der Waals surface area contributed by atoms with E-state index in [9.17, 15) is 9.59 Å². The number of carbonyl (C=O) groups excluding carboxylic acids is 2. The van der Waals surface area contributed by atoms with E-state index in [4.69, 9.17) is 0 Å². The molecule has 0 aliphatic heterocycles. The van der Waals surface area contributed by atoms with Gasteiger partial charge in [-0.15, -0.1) is 0 Å². The Labute approximate surface area is 148 Å². The second-order valence-electron chi connectivity index (χ2n) is 6.37. The average Bonchev–Trinajstić information content (AvgIpc) is 2.99. The number of rotatable bonds is 7. The number of hydrogen-bond donors (Lipinski definition) is 2. The first-order valence-corrected chi connectivity index (χ1v) is 8.27. The van der Waals surface area contributed by atoms with Crippen LogP contribution in [0.15, 0.2) is 36.4 Å². The number of hydrogen-bond acceptors (Lipinski definition) is 4. The molecule has 7 nitrogen and oxygen atoms in total. The lowest BCUT2D eigenvalue weighted by molar-refractivity contribution is -0.118. The van der Waals surface area contributed by atoms with Gasteiger partial charge in [-0.2, -0.15) is 5.10 Å². The zero-order valence-electron chi connectivity index (χ0n) is 15.1. The third-order valence-corrected chi connectivity index (χ3v) is 3.56. The molecule has 2 amide bonds. The molecular formula is C18H25N5O2. The summed E-state index contributed by atoms with van der Waals surface area (Å²) in [5, 5.41) is 10.0. The second-order valence-corrected chi connectivity index (χ2v) is 6.37. The van der Waals surface area contributed by atoms with Crippen LogP contribution in [-0.4, -0.2) is 53.7 Å². The Hall–Kier alpha value is -2.67. The number of anilines is 1. The maximum Gasteiger partial charge on any atom is 0.271 e. The maximum atomic E-state index is 12.3. The molecule has 2 aromatic rings. The molecule has 25 heavy (non-hydrogen) atoms. The molecule has 0 bridgehead atoms. The molecule has 0 aliphatic carbocycles. The quantitative estimate of drug-likeness (QED) is 0.803. The first-order chi connectivity index (χ1) is 11.9. The van der Waals surface area contributed by atoms with Gasteiger partial charge >= 0.3 is 0 Å². The Morgan fingerprint density at radius 3 is 2.48 bits per heavy atom. The van der Waals surface area contributed by atoms with E-state index in [1.807, 2.05) is 63.2 Å². The molecule has 1 aromatic heterocycles. The SMILES string of the molecule is CC(C)C(=O)Nc1cc(C(=O)NCCN(C)C)nn1-c1ccccc1. The van der Waals surface area contributed by atoms with E-state index in [-0.39, 0.29) is 23.4 Å². The summed E-state index contributed by atoms with van der Waals surface area (Å²) in [6.07, 6.45) is 0. The summed E-state index contributed by atoms with van der Waals surface area (Å²) >= 11 is 0. The predicted octanol–water partition coefficient (Wildman–Crippen LogP) is 1.76. The Kier molecular flexibility index (Phi) is 6.30. The highest BCUT2D eigenvalue weighted by Gasteiger charge is 2.18. The monoisotopic (exact) mass is 343 g/mol. The third-order valence-electron chi connectivity index (χ3n) is 3.56. The van der Waals surface area contributed by atoms with Crippen LogP contribution in [0.5, 0.6) is 0 Å². The summed E-state index contributed by atoms with van der Waals surface area (Å²) < 4.78 is 1.57. The topological polar surface area (TPSA) is 79.3 Å². The van der Waals surface area contributed by atoms with Crippen molar-refractivity contribution in [2.75, 3.05) is 32.5 Å². The minimum Gasteiger partial charge on any atom is -0.349 e. The molecule has 1 heterocycles. The number of para-hydroxylation sites is 1. The molecule has 0 saturated carbocycles. The summed E-state index contributed by atoms with van der Waals surface area (Å²) in [4.78, 5) is 26.4. The molecule has 2 rings (SSSR count). The minimum absolute atomic E-state index is 0.128. The zero-order chi connectivity index (χ0) is 18.4. The normalized spacial score (nSPS) is 11.0. The van der Waals surface area contributed by atoms with Gasteiger partial charge in [0.1, 0.15) is 5.82 Å². The fourth-order valence-electron chi connectivity index (χ4n) is 2.10. The van der Waals surface area contributed by atoms with Crippen LogP contribution < -0.4 is 10.6 Å². The molecule has 0 unspecified atom stereocenters. The molecular weight excluding hydrogens is 318 g/mol. The van der Waals surface area contributed by atoms with Gasteiger partial charge in [0.05, 0.1) is 5.69 Å². The van der Waals surface area contributed by atoms with Crippen LogP contribution in [0.4, 0.5) is 5.82 Å². The first kappa shape index (κ1) is 18.7. The lowest BCUT2D eigenvalue weighted by Crippen LogP contribution is -2.31. The van der Waals surface area contributed by atoms with E-state index in [0.717, 1.165) is 12.2 Å². The van der Waals surface area contributed by atoms with Crippen molar-refractivity contribution in [1.82, 2.24) is 20.0 Å². The van der Waals surface area contributed by atoms with Crippen molar-refractivity contribution >= 4 is 17.6 Å². The van der Waals surface area contributed by atoms with E-state index in [1.165, 1.54) is 0 Å². The summed E-state index contributed by atoms with van der Waals surface area (Å²) in [7, 11) is 3.88. The van der Waals surface area contributed by atoms with Crippen LogP contribution in [-0.2, 0) is 4.79 Å². The highest BCUT2D eigenvalue weighted by atomic mass is 16.2. The van der Waals surface area contributed by atoms with Gasteiger partial charge in [-0.25, -0.2) is 4.68 Å². The fourth-order valence-corrected chi connectivity index (χ4v) is 2.10. The van der Waals surface area contributed by atoms with E-state index >= 15 is 0 Å². The van der Waals surface area contributed by atoms with Gasteiger partial charge in [-0.05, 0) is 26.2 Å². The van der Waals surface area contributed by atoms with E-state index in [1.54, 1.807) is 10.7 Å². The molecule has 0 atom stereocenters. The molecule has 0 aliphatic rings. The Bertz CT molecular complexity index is 722. The molecule has 0 radical (unpaired) electrons. The maximum absolute atomic E-state index is 12.3. The minimum atomic E-state index is -0.267. The molecule has 0 fully saturated rings. The number of nitrogens with zero attached hydrogens (tertiary/aromatic N) is 3. The lowest BCUT2D eigenvalue weighted by Gasteiger charge is -2.10. The van der Waals surface area contributed by atoms with Gasteiger partial charge in [0, 0.05) is 25.1 Å². The molecule has 0 spiro atoms. The number of nitrogens with one attached hydrogen (secondary N) is 2. The third kappa shape index (κ3) is 5.15. The van der Waals surface area contributed by atoms with Gasteiger partial charge in [-0.1, -0.05) is 32.0 Å². The van der Waals surface area contributed by atoms with E-state index in [0.29, 0.717) is 12.4 Å². The van der Waals surface area contributed by atoms with E-state index < -0.39 is 0 Å². The second kappa shape index (κ2) is 8.43. The Morgan fingerprint density at radius 2 is 1.88 bits per heavy atom. The number of benzene rings is 1. The van der Waals surface area contributed by atoms with Crippen LogP contribution in [0.25, 0.3) is 5.69 Å². The number of likely N-dealkylation sites (N-methyl/N-ethyl adjacent to an activating group) is 1. The van der Waals surface area contributed by atoms with Crippen molar-refractivity contribution in [3.8, 4) is 5.69 Å². The summed E-state index contributed by atoms with van der Waals surface area (Å²) in [5.74, 6) is -0.0904. The Balaban J connectivity index is 2.26. The Morgan fingerprint density at radius 1 is 1.20 bits per heavy atom. The smallest absolute Gasteiger partial charge is 0.271 e. The zero-order valence-corrected chi connectivity index (χ0v) is 15.1. The largest absolute Gasteiger partial charge is 0.349 e. The lowest BCUT2D eigenvalue weighted by atomic mass is 10.2. The van der Waals surface area contributed by atoms with Crippen molar-refractivity contribution in [2.45, 2.75) is 13.8 Å². The molecule has 7 heteroatoms. The van der Waals surface area contributed by atoms with Crippen molar-refractivity contribution < 1.29 is 9.59 Å². The van der Waals surface area contributed by atoms with Gasteiger partial charge < -0.3 is 15.5 Å². The number of aromatic nitrogens is 2. The summed E-state index contributed by atoms with van der Waals surface area (Å²) in [6.45, 7) is 4.89. The van der Waals surface area contributed by atoms with Crippen LogP contribution in [0.2, 0.25) is 0 Å². The van der Waals surface area contributed by atoms with Gasteiger partial charge in [-0.3, -0.25) is 9.59 Å². The van der Waals surface area contributed by atoms with Gasteiger partial charge in [0.25, 0.3) is 5.91 Å². The number of carbonyl (C=O) groups is 2. The van der Waals surface area contributed by atoms with Crippen molar-refractivity contribution in [3.63, 3.8) is 0 Å². The molecule has 1 aromatic carbocycles. The molecule has 0 saturated heterocycles. The highest BCUT2D eigenvalue weighted by Crippen LogP contribution is 2.18. The van der Waals surface area contributed by atoms with E-state index in [2.05, 4.69) is 15.7 Å². The predicted molar refractivity (Wildman–Crippen MR) is 97.9 cm³/mol. The van der Waals surface area contributed by atoms with Gasteiger partial charge in [0.15, 0.2) is 5.69 Å². The first-order valence-electron chi connectivity index (χ1n) is 8.27. The highest BCUT2D eigenvalue weighted by molar-refractivity contribution is 5.96. The van der Waals surface area contributed by atoms with Gasteiger partial charge in [0.2, 0.25) is 5.91 Å². The number of amides is 2. The average molecular weight is 343 g/mol. The summed E-state index contributed by atoms with van der Waals surface area (Å²) in [5.41, 5.74) is 1.04. The van der Waals surface area contributed by atoms with Crippen LogP contribution in [0.1, 0.15) is 24.3 Å². The van der Waals surface area contributed by atoms with Crippen LogP contribution in [0.3, 0.4) is 0 Å². The fraction of sp³-hybridized carbons (Fsp3) is 0.389. The van der Waals surface area contributed by atoms with Crippen LogP contribution in [0, 0.1) is 5.92 Å². The van der Waals surface area contributed by atoms with Crippen molar-refractivity contribution in [2.24, 2.45) is 5.92 Å².